The second-order valence-corrected chi connectivity index (χ2v) is 6.52. The van der Waals surface area contributed by atoms with E-state index in [9.17, 15) is 13.2 Å². The number of hydrogen-bond donors (Lipinski definition) is 1. The summed E-state index contributed by atoms with van der Waals surface area (Å²) in [4.78, 5) is 0. The zero-order valence-corrected chi connectivity index (χ0v) is 15.4. The molecular formula is C17H15BrF3N3S. The highest BCUT2D eigenvalue weighted by Crippen LogP contribution is 2.33. The number of halogens is 4. The van der Waals surface area contributed by atoms with Crippen LogP contribution in [0.2, 0.25) is 0 Å². The molecule has 1 heterocycles. The molecule has 0 spiro atoms. The van der Waals surface area contributed by atoms with E-state index in [0.717, 1.165) is 17.7 Å². The van der Waals surface area contributed by atoms with Crippen LogP contribution in [0.3, 0.4) is 0 Å². The van der Waals surface area contributed by atoms with Crippen molar-refractivity contribution in [2.45, 2.75) is 11.4 Å². The fraction of sp³-hybridized carbons (Fsp3) is 0.176. The minimum absolute atomic E-state index is 0. The number of hydrazone groups is 1. The molecule has 25 heavy (non-hydrogen) atoms. The van der Waals surface area contributed by atoms with Crippen molar-refractivity contribution in [3.05, 3.63) is 71.3 Å². The zero-order valence-electron chi connectivity index (χ0n) is 12.9. The summed E-state index contributed by atoms with van der Waals surface area (Å²) in [5, 5.41) is 5.05. The highest BCUT2D eigenvalue weighted by Gasteiger charge is 2.30. The maximum atomic E-state index is 12.5. The van der Waals surface area contributed by atoms with Gasteiger partial charge in [0.1, 0.15) is 6.54 Å². The van der Waals surface area contributed by atoms with Crippen LogP contribution in [0, 0.1) is 0 Å². The Kier molecular flexibility index (Phi) is 6.29. The first-order chi connectivity index (χ1) is 11.4. The summed E-state index contributed by atoms with van der Waals surface area (Å²) in [7, 11) is 0. The molecule has 0 radical (unpaired) electrons. The van der Waals surface area contributed by atoms with Crippen molar-refractivity contribution in [3.63, 3.8) is 0 Å². The first-order valence-electron chi connectivity index (χ1n) is 7.26. The maximum absolute atomic E-state index is 12.5. The van der Waals surface area contributed by atoms with Gasteiger partial charge in [0.25, 0.3) is 0 Å². The Morgan fingerprint density at radius 3 is 2.32 bits per heavy atom. The monoisotopic (exact) mass is 429 g/mol. The summed E-state index contributed by atoms with van der Waals surface area (Å²) in [6.07, 6.45) is -2.82. The van der Waals surface area contributed by atoms with Crippen molar-refractivity contribution in [1.29, 1.82) is 0 Å². The normalized spacial score (nSPS) is 17.8. The van der Waals surface area contributed by atoms with Crippen LogP contribution in [0.4, 0.5) is 13.2 Å². The minimum Gasteiger partial charge on any atom is -1.00 e. The molecule has 8 heteroatoms. The molecule has 0 aliphatic carbocycles. The minimum atomic E-state index is -4.33. The molecule has 1 unspecified atom stereocenters. The molecule has 1 aliphatic heterocycles. The Labute approximate surface area is 158 Å². The van der Waals surface area contributed by atoms with Crippen LogP contribution >= 0.6 is 11.8 Å². The first kappa shape index (κ1) is 19.5. The van der Waals surface area contributed by atoms with E-state index in [2.05, 4.69) is 5.10 Å². The topological polar surface area (TPSA) is 41.4 Å². The van der Waals surface area contributed by atoms with Gasteiger partial charge in [-0.3, -0.25) is 5.73 Å². The molecule has 2 aromatic rings. The molecule has 2 N–H and O–H groups in total. The molecule has 0 saturated carbocycles. The van der Waals surface area contributed by atoms with Gasteiger partial charge in [-0.15, -0.1) is 4.68 Å². The van der Waals surface area contributed by atoms with Crippen LogP contribution in [0.15, 0.2) is 59.7 Å². The quantitative estimate of drug-likeness (QED) is 0.580. The van der Waals surface area contributed by atoms with E-state index in [1.54, 1.807) is 4.68 Å². The SMILES string of the molecule is NC1=[N+](N=Cc2ccc(C(F)(F)F)cc2)CC(c2ccccc2)S1.[Br-]. The van der Waals surface area contributed by atoms with Crippen LogP contribution in [-0.2, 0) is 6.18 Å². The van der Waals surface area contributed by atoms with Crippen LogP contribution in [0.5, 0.6) is 0 Å². The standard InChI is InChI=1S/C17H14F3N3S.BrH/c18-17(19,20)14-8-6-12(7-9-14)10-22-23-11-15(24-16(23)21)13-4-2-1-3-5-13;/h1-10,15,21H,11H2;1H. The third-order valence-corrected chi connectivity index (χ3v) is 4.77. The van der Waals surface area contributed by atoms with Crippen molar-refractivity contribution >= 4 is 23.1 Å². The highest BCUT2D eigenvalue weighted by atomic mass is 79.9. The number of nitrogens with zero attached hydrogens (tertiary/aromatic N) is 2. The Balaban J connectivity index is 0.00000225. The number of nitrogens with two attached hydrogens (primary N) is 1. The molecule has 1 atom stereocenters. The molecule has 0 amide bonds. The van der Waals surface area contributed by atoms with Gasteiger partial charge in [-0.05, 0) is 35.0 Å². The second kappa shape index (κ2) is 8.05. The van der Waals surface area contributed by atoms with Gasteiger partial charge < -0.3 is 17.0 Å². The lowest BCUT2D eigenvalue weighted by Gasteiger charge is -2.06. The van der Waals surface area contributed by atoms with Crippen molar-refractivity contribution in [3.8, 4) is 0 Å². The van der Waals surface area contributed by atoms with Gasteiger partial charge >= 0.3 is 11.3 Å². The van der Waals surface area contributed by atoms with E-state index in [-0.39, 0.29) is 22.2 Å². The van der Waals surface area contributed by atoms with Gasteiger partial charge in [0.2, 0.25) is 0 Å². The van der Waals surface area contributed by atoms with Crippen molar-refractivity contribution in [2.24, 2.45) is 10.8 Å². The summed E-state index contributed by atoms with van der Waals surface area (Å²) >= 11 is 1.53. The third-order valence-electron chi connectivity index (χ3n) is 3.61. The summed E-state index contributed by atoms with van der Waals surface area (Å²) in [5.41, 5.74) is 7.07. The number of rotatable bonds is 3. The van der Waals surface area contributed by atoms with Gasteiger partial charge in [0.05, 0.1) is 17.0 Å². The number of thioether (sulfide) groups is 1. The first-order valence-corrected chi connectivity index (χ1v) is 8.14. The summed E-state index contributed by atoms with van der Waals surface area (Å²) in [6, 6.07) is 14.8. The average Bonchev–Trinajstić information content (AvgIpc) is 2.94. The van der Waals surface area contributed by atoms with E-state index in [1.165, 1.54) is 30.1 Å². The second-order valence-electron chi connectivity index (χ2n) is 5.30. The smallest absolute Gasteiger partial charge is 0.416 e. The number of amidine groups is 1. The molecule has 0 fully saturated rings. The molecule has 2 aromatic carbocycles. The third kappa shape index (κ3) is 4.85. The fourth-order valence-electron chi connectivity index (χ4n) is 2.33. The molecule has 0 aromatic heterocycles. The van der Waals surface area contributed by atoms with E-state index in [1.807, 2.05) is 30.3 Å². The Morgan fingerprint density at radius 2 is 1.72 bits per heavy atom. The van der Waals surface area contributed by atoms with E-state index in [4.69, 9.17) is 5.73 Å². The van der Waals surface area contributed by atoms with Gasteiger partial charge in [-0.1, -0.05) is 47.6 Å². The summed E-state index contributed by atoms with van der Waals surface area (Å²) in [6.45, 7) is 0.623. The molecule has 0 bridgehead atoms. The molecule has 3 nitrogen and oxygen atoms in total. The van der Waals surface area contributed by atoms with E-state index < -0.39 is 11.7 Å². The highest BCUT2D eigenvalue weighted by molar-refractivity contribution is 8.13. The van der Waals surface area contributed by atoms with E-state index >= 15 is 0 Å². The largest absolute Gasteiger partial charge is 1.00 e. The van der Waals surface area contributed by atoms with Crippen molar-refractivity contribution in [2.75, 3.05) is 6.54 Å². The molecule has 132 valence electrons. The molecular weight excluding hydrogens is 415 g/mol. The van der Waals surface area contributed by atoms with Crippen LogP contribution < -0.4 is 22.7 Å². The summed E-state index contributed by atoms with van der Waals surface area (Å²) in [5.74, 6) is 0. The molecule has 3 rings (SSSR count). The predicted molar refractivity (Wildman–Crippen MR) is 90.1 cm³/mol. The lowest BCUT2D eigenvalue weighted by Crippen LogP contribution is -3.00. The van der Waals surface area contributed by atoms with Crippen molar-refractivity contribution in [1.82, 2.24) is 0 Å². The Morgan fingerprint density at radius 1 is 1.08 bits per heavy atom. The number of alkyl halides is 3. The summed E-state index contributed by atoms with van der Waals surface area (Å²) < 4.78 is 39.3. The molecule has 0 saturated heterocycles. The van der Waals surface area contributed by atoms with Crippen molar-refractivity contribution < 1.29 is 34.8 Å². The fourth-order valence-corrected chi connectivity index (χ4v) is 3.37. The van der Waals surface area contributed by atoms with Crippen LogP contribution in [0.25, 0.3) is 0 Å². The van der Waals surface area contributed by atoms with Gasteiger partial charge in [0, 0.05) is 0 Å². The van der Waals surface area contributed by atoms with Crippen LogP contribution in [0.1, 0.15) is 21.9 Å². The Bertz CT molecular complexity index is 774. The van der Waals surface area contributed by atoms with Crippen LogP contribution in [-0.4, -0.2) is 22.6 Å². The number of benzene rings is 2. The lowest BCUT2D eigenvalue weighted by atomic mass is 10.1. The van der Waals surface area contributed by atoms with Gasteiger partial charge in [-0.25, -0.2) is 0 Å². The molecule has 1 aliphatic rings. The predicted octanol–water partition coefficient (Wildman–Crippen LogP) is 0.859. The lowest BCUT2D eigenvalue weighted by molar-refractivity contribution is -0.527. The Hall–Kier alpha value is -1.80. The maximum Gasteiger partial charge on any atom is 0.416 e. The van der Waals surface area contributed by atoms with Gasteiger partial charge in [0.15, 0.2) is 0 Å². The average molecular weight is 430 g/mol. The van der Waals surface area contributed by atoms with Gasteiger partial charge in [-0.2, -0.15) is 13.2 Å². The zero-order chi connectivity index (χ0) is 17.2. The number of hydrogen-bond acceptors (Lipinski definition) is 3. The van der Waals surface area contributed by atoms with E-state index in [0.29, 0.717) is 17.3 Å².